The third-order valence-corrected chi connectivity index (χ3v) is 5.53. The molecule has 0 saturated heterocycles. The van der Waals surface area contributed by atoms with Gasteiger partial charge in [-0.2, -0.15) is 0 Å². The first-order chi connectivity index (χ1) is 12.6. The molecule has 8 heteroatoms. The summed E-state index contributed by atoms with van der Waals surface area (Å²) < 4.78 is 23.1. The number of nitrogens with zero attached hydrogens (tertiary/aromatic N) is 3. The maximum Gasteiger partial charge on any atom is 0.317 e. The fourth-order valence-electron chi connectivity index (χ4n) is 2.48. The van der Waals surface area contributed by atoms with E-state index < -0.39 is 9.84 Å². The SMILES string of the molecule is CC(c1ccc(S(C)(=O)=O)cc1)N(C)C(=O)NCc1ccc(N(C)C)nc1. The molecule has 7 nitrogen and oxygen atoms in total. The Hall–Kier alpha value is -2.61. The van der Waals surface area contributed by atoms with Crippen LogP contribution in [0, 0.1) is 0 Å². The van der Waals surface area contributed by atoms with E-state index >= 15 is 0 Å². The first-order valence-corrected chi connectivity index (χ1v) is 10.4. The molecule has 0 spiro atoms. The maximum atomic E-state index is 12.4. The van der Waals surface area contributed by atoms with Crippen molar-refractivity contribution in [2.24, 2.45) is 0 Å². The second-order valence-electron chi connectivity index (χ2n) is 6.71. The number of anilines is 1. The Morgan fingerprint density at radius 2 is 1.74 bits per heavy atom. The minimum atomic E-state index is -3.23. The summed E-state index contributed by atoms with van der Waals surface area (Å²) >= 11 is 0. The van der Waals surface area contributed by atoms with Crippen LogP contribution in [0.1, 0.15) is 24.1 Å². The summed E-state index contributed by atoms with van der Waals surface area (Å²) in [4.78, 5) is 20.5. The molecule has 0 aliphatic rings. The van der Waals surface area contributed by atoms with Gasteiger partial charge in [-0.15, -0.1) is 0 Å². The third-order valence-electron chi connectivity index (χ3n) is 4.40. The molecule has 27 heavy (non-hydrogen) atoms. The number of aromatic nitrogens is 1. The van der Waals surface area contributed by atoms with Crippen LogP contribution in [0.15, 0.2) is 47.5 Å². The van der Waals surface area contributed by atoms with E-state index in [2.05, 4.69) is 10.3 Å². The molecule has 1 aromatic heterocycles. The van der Waals surface area contributed by atoms with Crippen LogP contribution in [-0.4, -0.2) is 51.7 Å². The van der Waals surface area contributed by atoms with Crippen molar-refractivity contribution in [2.45, 2.75) is 24.4 Å². The van der Waals surface area contributed by atoms with Crippen LogP contribution in [-0.2, 0) is 16.4 Å². The Balaban J connectivity index is 1.97. The monoisotopic (exact) mass is 390 g/mol. The molecule has 0 aliphatic carbocycles. The van der Waals surface area contributed by atoms with Crippen molar-refractivity contribution >= 4 is 21.7 Å². The summed E-state index contributed by atoms with van der Waals surface area (Å²) in [6.07, 6.45) is 2.91. The highest BCUT2D eigenvalue weighted by Crippen LogP contribution is 2.21. The quantitative estimate of drug-likeness (QED) is 0.819. The lowest BCUT2D eigenvalue weighted by molar-refractivity contribution is 0.194. The molecule has 1 N–H and O–H groups in total. The molecule has 1 heterocycles. The van der Waals surface area contributed by atoms with Gasteiger partial charge in [0.1, 0.15) is 5.82 Å². The zero-order valence-electron chi connectivity index (χ0n) is 16.3. The van der Waals surface area contributed by atoms with Crippen LogP contribution in [0.3, 0.4) is 0 Å². The van der Waals surface area contributed by atoms with Gasteiger partial charge in [0.2, 0.25) is 0 Å². The fourth-order valence-corrected chi connectivity index (χ4v) is 3.11. The molecule has 1 atom stereocenters. The molecular formula is C19H26N4O3S. The zero-order chi connectivity index (χ0) is 20.2. The number of hydrogen-bond donors (Lipinski definition) is 1. The number of sulfone groups is 1. The Kier molecular flexibility index (Phi) is 6.43. The Morgan fingerprint density at radius 3 is 2.22 bits per heavy atom. The predicted molar refractivity (Wildman–Crippen MR) is 107 cm³/mol. The number of rotatable bonds is 6. The average molecular weight is 391 g/mol. The van der Waals surface area contributed by atoms with Gasteiger partial charge in [0.15, 0.2) is 9.84 Å². The lowest BCUT2D eigenvalue weighted by Gasteiger charge is -2.25. The lowest BCUT2D eigenvalue weighted by atomic mass is 10.1. The minimum Gasteiger partial charge on any atom is -0.363 e. The van der Waals surface area contributed by atoms with Crippen LogP contribution < -0.4 is 10.2 Å². The minimum absolute atomic E-state index is 0.201. The van der Waals surface area contributed by atoms with Gasteiger partial charge in [-0.3, -0.25) is 0 Å². The van der Waals surface area contributed by atoms with Crippen LogP contribution in [0.5, 0.6) is 0 Å². The van der Waals surface area contributed by atoms with Crippen LogP contribution in [0.25, 0.3) is 0 Å². The zero-order valence-corrected chi connectivity index (χ0v) is 17.1. The van der Waals surface area contributed by atoms with E-state index in [4.69, 9.17) is 0 Å². The van der Waals surface area contributed by atoms with E-state index in [1.807, 2.05) is 38.1 Å². The van der Waals surface area contributed by atoms with Gasteiger partial charge in [0.25, 0.3) is 0 Å². The average Bonchev–Trinajstić information content (AvgIpc) is 2.64. The van der Waals surface area contributed by atoms with E-state index in [0.717, 1.165) is 16.9 Å². The Bertz CT molecular complexity index is 878. The topological polar surface area (TPSA) is 82.6 Å². The van der Waals surface area contributed by atoms with Gasteiger partial charge in [-0.05, 0) is 36.2 Å². The molecule has 1 aromatic carbocycles. The van der Waals surface area contributed by atoms with Crippen molar-refractivity contribution in [3.8, 4) is 0 Å². The summed E-state index contributed by atoms with van der Waals surface area (Å²) in [6, 6.07) is 9.99. The van der Waals surface area contributed by atoms with E-state index in [-0.39, 0.29) is 17.0 Å². The summed E-state index contributed by atoms with van der Waals surface area (Å²) in [5.41, 5.74) is 1.77. The molecule has 2 amide bonds. The number of nitrogens with one attached hydrogen (secondary N) is 1. The van der Waals surface area contributed by atoms with Crippen molar-refractivity contribution in [1.29, 1.82) is 0 Å². The van der Waals surface area contributed by atoms with Crippen molar-refractivity contribution in [1.82, 2.24) is 15.2 Å². The summed E-state index contributed by atoms with van der Waals surface area (Å²) in [5, 5.41) is 2.87. The lowest BCUT2D eigenvalue weighted by Crippen LogP contribution is -2.38. The van der Waals surface area contributed by atoms with Gasteiger partial charge in [-0.1, -0.05) is 18.2 Å². The van der Waals surface area contributed by atoms with E-state index in [9.17, 15) is 13.2 Å². The molecule has 2 rings (SSSR count). The van der Waals surface area contributed by atoms with Gasteiger partial charge < -0.3 is 15.1 Å². The number of carbonyl (C=O) groups is 1. The van der Waals surface area contributed by atoms with Crippen molar-refractivity contribution in [3.63, 3.8) is 0 Å². The Morgan fingerprint density at radius 1 is 1.11 bits per heavy atom. The maximum absolute atomic E-state index is 12.4. The van der Waals surface area contributed by atoms with Crippen LogP contribution >= 0.6 is 0 Å². The Labute approximate surface area is 160 Å². The van der Waals surface area contributed by atoms with Gasteiger partial charge in [0, 0.05) is 40.1 Å². The van der Waals surface area contributed by atoms with Crippen molar-refractivity contribution in [2.75, 3.05) is 32.3 Å². The second-order valence-corrected chi connectivity index (χ2v) is 8.72. The number of pyridine rings is 1. The molecule has 0 aliphatic heterocycles. The first-order valence-electron chi connectivity index (χ1n) is 8.52. The number of hydrogen-bond acceptors (Lipinski definition) is 5. The van der Waals surface area contributed by atoms with Gasteiger partial charge in [-0.25, -0.2) is 18.2 Å². The summed E-state index contributed by atoms with van der Waals surface area (Å²) in [6.45, 7) is 2.27. The molecular weight excluding hydrogens is 364 g/mol. The summed E-state index contributed by atoms with van der Waals surface area (Å²) in [7, 11) is 2.31. The standard InChI is InChI=1S/C19H26N4O3S/c1-14(16-7-9-17(10-8-16)27(5,25)26)23(4)19(24)21-13-15-6-11-18(20-12-15)22(2)3/h6-12,14H,13H2,1-5H3,(H,21,24). The van der Waals surface area contributed by atoms with Gasteiger partial charge in [0.05, 0.1) is 10.9 Å². The van der Waals surface area contributed by atoms with E-state index in [1.165, 1.54) is 6.26 Å². The van der Waals surface area contributed by atoms with Crippen molar-refractivity contribution < 1.29 is 13.2 Å². The number of amides is 2. The highest BCUT2D eigenvalue weighted by atomic mass is 32.2. The molecule has 0 fully saturated rings. The first kappa shape index (κ1) is 20.7. The normalized spacial score (nSPS) is 12.3. The molecule has 1 unspecified atom stereocenters. The van der Waals surface area contributed by atoms with Crippen molar-refractivity contribution in [3.05, 3.63) is 53.7 Å². The van der Waals surface area contributed by atoms with Crippen LogP contribution in [0.4, 0.5) is 10.6 Å². The third kappa shape index (κ3) is 5.43. The number of benzene rings is 1. The fraction of sp³-hybridized carbons (Fsp3) is 0.368. The number of carbonyl (C=O) groups excluding carboxylic acids is 1. The highest BCUT2D eigenvalue weighted by molar-refractivity contribution is 7.90. The predicted octanol–water partition coefficient (Wildman–Crippen LogP) is 2.45. The summed E-state index contributed by atoms with van der Waals surface area (Å²) in [5.74, 6) is 0.855. The molecule has 0 bridgehead atoms. The molecule has 146 valence electrons. The van der Waals surface area contributed by atoms with Gasteiger partial charge >= 0.3 is 6.03 Å². The molecule has 0 radical (unpaired) electrons. The van der Waals surface area contributed by atoms with E-state index in [0.29, 0.717) is 6.54 Å². The smallest absolute Gasteiger partial charge is 0.317 e. The molecule has 0 saturated carbocycles. The molecule has 2 aromatic rings. The highest BCUT2D eigenvalue weighted by Gasteiger charge is 2.18. The van der Waals surface area contributed by atoms with E-state index in [1.54, 1.807) is 42.4 Å². The largest absolute Gasteiger partial charge is 0.363 e. The number of urea groups is 1. The van der Waals surface area contributed by atoms with Crippen LogP contribution in [0.2, 0.25) is 0 Å². The second kappa shape index (κ2) is 8.39.